The minimum absolute atomic E-state index is 0.792. The Hall–Kier alpha value is -0.520. The minimum atomic E-state index is 0.792. The molecule has 0 saturated heterocycles. The van der Waals surface area contributed by atoms with E-state index < -0.39 is 0 Å². The van der Waals surface area contributed by atoms with Crippen molar-refractivity contribution in [3.63, 3.8) is 0 Å². The average molecular weight is 180 g/mol. The van der Waals surface area contributed by atoms with E-state index in [4.69, 9.17) is 0 Å². The van der Waals surface area contributed by atoms with Crippen molar-refractivity contribution < 1.29 is 0 Å². The van der Waals surface area contributed by atoms with E-state index in [1.54, 1.807) is 5.57 Å². The zero-order chi connectivity index (χ0) is 10.3. The predicted octanol–water partition coefficient (Wildman–Crippen LogP) is 4.73. The van der Waals surface area contributed by atoms with Crippen LogP contribution in [0.1, 0.15) is 53.9 Å². The third kappa shape index (κ3) is 3.80. The summed E-state index contributed by atoms with van der Waals surface area (Å²) in [6.07, 6.45) is 8.37. The Labute approximate surface area is 83.7 Å². The summed E-state index contributed by atoms with van der Waals surface area (Å²) in [5.41, 5.74) is 3.18. The first-order valence-corrected chi connectivity index (χ1v) is 5.62. The first-order chi connectivity index (χ1) is 6.25. The van der Waals surface area contributed by atoms with Gasteiger partial charge in [0.2, 0.25) is 0 Å². The summed E-state index contributed by atoms with van der Waals surface area (Å²) < 4.78 is 0. The van der Waals surface area contributed by atoms with Gasteiger partial charge in [0, 0.05) is 0 Å². The van der Waals surface area contributed by atoms with Gasteiger partial charge in [-0.25, -0.2) is 0 Å². The topological polar surface area (TPSA) is 0 Å². The summed E-state index contributed by atoms with van der Waals surface area (Å²) in [7, 11) is 0. The van der Waals surface area contributed by atoms with Crippen molar-refractivity contribution in [1.29, 1.82) is 0 Å². The summed E-state index contributed by atoms with van der Waals surface area (Å²) in [6.45, 7) is 10.8. The van der Waals surface area contributed by atoms with Crippen molar-refractivity contribution in [3.8, 4) is 0 Å². The smallest absolute Gasteiger partial charge is 0.0191 e. The Morgan fingerprint density at radius 3 is 2.46 bits per heavy atom. The van der Waals surface area contributed by atoms with Crippen LogP contribution in [0, 0.1) is 5.92 Å². The van der Waals surface area contributed by atoms with E-state index in [0.717, 1.165) is 5.92 Å². The first-order valence-electron chi connectivity index (χ1n) is 5.62. The molecule has 0 fully saturated rings. The fraction of sp³-hybridized carbons (Fsp3) is 0.692. The number of allylic oxidation sites excluding steroid dienone is 4. The van der Waals surface area contributed by atoms with Gasteiger partial charge in [-0.2, -0.15) is 0 Å². The van der Waals surface area contributed by atoms with Crippen LogP contribution in [0.2, 0.25) is 0 Å². The normalized spacial score (nSPS) is 21.2. The van der Waals surface area contributed by atoms with E-state index in [1.807, 2.05) is 13.8 Å². The zero-order valence-electron chi connectivity index (χ0n) is 9.85. The van der Waals surface area contributed by atoms with Crippen molar-refractivity contribution >= 4 is 0 Å². The molecule has 1 unspecified atom stereocenters. The van der Waals surface area contributed by atoms with Gasteiger partial charge in [0.1, 0.15) is 0 Å². The highest BCUT2D eigenvalue weighted by Gasteiger charge is 2.11. The van der Waals surface area contributed by atoms with Gasteiger partial charge >= 0.3 is 0 Å². The molecule has 1 aliphatic carbocycles. The fourth-order valence-electron chi connectivity index (χ4n) is 1.80. The van der Waals surface area contributed by atoms with E-state index in [0.29, 0.717) is 0 Å². The molecular weight excluding hydrogens is 156 g/mol. The average Bonchev–Trinajstić information content (AvgIpc) is 2.15. The molecule has 76 valence electrons. The van der Waals surface area contributed by atoms with Gasteiger partial charge in [0.25, 0.3) is 0 Å². The highest BCUT2D eigenvalue weighted by molar-refractivity contribution is 5.29. The minimum Gasteiger partial charge on any atom is -0.0837 e. The number of rotatable bonds is 2. The van der Waals surface area contributed by atoms with Crippen LogP contribution in [0.3, 0.4) is 0 Å². The molecule has 0 aromatic heterocycles. The lowest BCUT2D eigenvalue weighted by atomic mass is 9.86. The van der Waals surface area contributed by atoms with Crippen LogP contribution in [-0.2, 0) is 0 Å². The number of hydrogen-bond acceptors (Lipinski definition) is 0. The largest absolute Gasteiger partial charge is 0.0837 e. The van der Waals surface area contributed by atoms with Crippen LogP contribution in [0.5, 0.6) is 0 Å². The lowest BCUT2D eigenvalue weighted by Crippen LogP contribution is -2.03. The zero-order valence-corrected chi connectivity index (χ0v) is 9.85. The van der Waals surface area contributed by atoms with Crippen molar-refractivity contribution in [3.05, 3.63) is 23.3 Å². The molecule has 0 saturated carbocycles. The molecule has 0 amide bonds. The van der Waals surface area contributed by atoms with Crippen LogP contribution < -0.4 is 0 Å². The molecule has 1 rings (SSSR count). The predicted molar refractivity (Wildman–Crippen MR) is 61.9 cm³/mol. The van der Waals surface area contributed by atoms with Crippen LogP contribution in [0.25, 0.3) is 0 Å². The van der Waals surface area contributed by atoms with Gasteiger partial charge in [-0.3, -0.25) is 0 Å². The molecule has 1 aliphatic rings. The molecule has 13 heavy (non-hydrogen) atoms. The molecule has 0 heteroatoms. The second-order valence-electron chi connectivity index (χ2n) is 3.50. The van der Waals surface area contributed by atoms with E-state index in [2.05, 4.69) is 32.9 Å². The van der Waals surface area contributed by atoms with Crippen LogP contribution in [0.15, 0.2) is 23.3 Å². The van der Waals surface area contributed by atoms with E-state index >= 15 is 0 Å². The van der Waals surface area contributed by atoms with E-state index in [1.165, 1.54) is 24.8 Å². The SMILES string of the molecule is CC.CCCC1=C(C)C=CCC1C. The monoisotopic (exact) mass is 180 g/mol. The summed E-state index contributed by atoms with van der Waals surface area (Å²) in [6, 6.07) is 0. The summed E-state index contributed by atoms with van der Waals surface area (Å²) in [5.74, 6) is 0.792. The maximum atomic E-state index is 2.33. The Morgan fingerprint density at radius 1 is 1.38 bits per heavy atom. The highest BCUT2D eigenvalue weighted by Crippen LogP contribution is 2.27. The molecule has 0 radical (unpaired) electrons. The standard InChI is InChI=1S/C11H18.C2H6/c1-4-6-11-9(2)7-5-8-10(11)3;1-2/h5,7,10H,4,6,8H2,1-3H3;1-2H3. The summed E-state index contributed by atoms with van der Waals surface area (Å²) in [4.78, 5) is 0. The van der Waals surface area contributed by atoms with Crippen LogP contribution in [-0.4, -0.2) is 0 Å². The van der Waals surface area contributed by atoms with Gasteiger partial charge in [-0.1, -0.05) is 57.4 Å². The van der Waals surface area contributed by atoms with Crippen molar-refractivity contribution in [2.24, 2.45) is 5.92 Å². The third-order valence-electron chi connectivity index (χ3n) is 2.48. The molecule has 0 bridgehead atoms. The second-order valence-corrected chi connectivity index (χ2v) is 3.50. The lowest BCUT2D eigenvalue weighted by Gasteiger charge is -2.19. The highest BCUT2D eigenvalue weighted by atomic mass is 14.2. The maximum absolute atomic E-state index is 2.33. The molecule has 0 N–H and O–H groups in total. The van der Waals surface area contributed by atoms with Gasteiger partial charge in [-0.05, 0) is 25.7 Å². The fourth-order valence-corrected chi connectivity index (χ4v) is 1.80. The van der Waals surface area contributed by atoms with Gasteiger partial charge in [-0.15, -0.1) is 0 Å². The third-order valence-corrected chi connectivity index (χ3v) is 2.48. The van der Waals surface area contributed by atoms with Crippen LogP contribution >= 0.6 is 0 Å². The second kappa shape index (κ2) is 6.94. The molecule has 1 atom stereocenters. The Morgan fingerprint density at radius 2 is 2.00 bits per heavy atom. The molecule has 0 heterocycles. The van der Waals surface area contributed by atoms with Crippen molar-refractivity contribution in [2.75, 3.05) is 0 Å². The van der Waals surface area contributed by atoms with Crippen LogP contribution in [0.4, 0.5) is 0 Å². The first kappa shape index (κ1) is 12.5. The Bertz CT molecular complexity index is 184. The molecule has 0 spiro atoms. The number of hydrogen-bond donors (Lipinski definition) is 0. The summed E-state index contributed by atoms with van der Waals surface area (Å²) in [5, 5.41) is 0. The lowest BCUT2D eigenvalue weighted by molar-refractivity contribution is 0.632. The van der Waals surface area contributed by atoms with Crippen molar-refractivity contribution in [1.82, 2.24) is 0 Å². The molecule has 0 nitrogen and oxygen atoms in total. The van der Waals surface area contributed by atoms with Crippen molar-refractivity contribution in [2.45, 2.75) is 53.9 Å². The van der Waals surface area contributed by atoms with Gasteiger partial charge < -0.3 is 0 Å². The molecular formula is C13H24. The quantitative estimate of drug-likeness (QED) is 0.576. The molecule has 0 aromatic rings. The molecule has 0 aliphatic heterocycles. The van der Waals surface area contributed by atoms with Gasteiger partial charge in [0.05, 0.1) is 0 Å². The Balaban J connectivity index is 0.000000671. The van der Waals surface area contributed by atoms with E-state index in [-0.39, 0.29) is 0 Å². The van der Waals surface area contributed by atoms with Gasteiger partial charge in [0.15, 0.2) is 0 Å². The Kier molecular flexibility index (Phi) is 6.66. The molecule has 0 aromatic carbocycles. The van der Waals surface area contributed by atoms with E-state index in [9.17, 15) is 0 Å². The maximum Gasteiger partial charge on any atom is -0.0191 e. The summed E-state index contributed by atoms with van der Waals surface area (Å²) >= 11 is 0.